The molecule has 1 unspecified atom stereocenters. The van der Waals surface area contributed by atoms with E-state index < -0.39 is 0 Å². The topological polar surface area (TPSA) is 33.5 Å². The first-order valence-electron chi connectivity index (χ1n) is 10.3. The van der Waals surface area contributed by atoms with Crippen LogP contribution in [0.4, 0.5) is 0 Å². The Balaban J connectivity index is 1.46. The lowest BCUT2D eigenvalue weighted by Crippen LogP contribution is -2.36. The molecule has 0 spiro atoms. The van der Waals surface area contributed by atoms with Crippen molar-refractivity contribution in [3.8, 4) is 22.8 Å². The zero-order valence-electron chi connectivity index (χ0n) is 17.6. The van der Waals surface area contributed by atoms with Gasteiger partial charge in [0.05, 0.1) is 5.69 Å². The maximum absolute atomic E-state index is 5.92. The summed E-state index contributed by atoms with van der Waals surface area (Å²) in [6.45, 7) is 3.21. The number of likely N-dealkylation sites (N-methyl/N-ethyl adjacent to an activating group) is 2. The van der Waals surface area contributed by atoms with E-state index in [0.29, 0.717) is 6.04 Å². The molecule has 0 N–H and O–H groups in total. The van der Waals surface area contributed by atoms with Crippen molar-refractivity contribution >= 4 is 0 Å². The Bertz CT molecular complexity index is 920. The number of hydrogen-bond acceptors (Lipinski definition) is 4. The number of nitrogens with zero attached hydrogens (tertiary/aromatic N) is 4. The number of hydrogen-bond donors (Lipinski definition) is 0. The molecule has 5 nitrogen and oxygen atoms in total. The van der Waals surface area contributed by atoms with Gasteiger partial charge < -0.3 is 14.5 Å². The quantitative estimate of drug-likeness (QED) is 0.599. The van der Waals surface area contributed by atoms with Crippen LogP contribution in [0.15, 0.2) is 60.8 Å². The number of para-hydroxylation sites is 1. The summed E-state index contributed by atoms with van der Waals surface area (Å²) in [7, 11) is 6.43. The Hall–Kier alpha value is -2.63. The monoisotopic (exact) mass is 390 g/mol. The smallest absolute Gasteiger partial charge is 0.127 e. The van der Waals surface area contributed by atoms with Gasteiger partial charge in [0.25, 0.3) is 0 Å². The minimum absolute atomic E-state index is 0.662. The Kier molecular flexibility index (Phi) is 5.97. The van der Waals surface area contributed by atoms with Crippen molar-refractivity contribution in [2.75, 3.05) is 27.2 Å². The molecule has 0 radical (unpaired) electrons. The molecular formula is C24H30N4O. The fraction of sp³-hybridized carbons (Fsp3) is 0.375. The van der Waals surface area contributed by atoms with E-state index in [0.717, 1.165) is 35.8 Å². The number of likely N-dealkylation sites (tertiary alicyclic amines) is 1. The summed E-state index contributed by atoms with van der Waals surface area (Å²) in [5.41, 5.74) is 3.42. The van der Waals surface area contributed by atoms with Gasteiger partial charge in [0.1, 0.15) is 11.5 Å². The van der Waals surface area contributed by atoms with E-state index in [2.05, 4.69) is 42.2 Å². The van der Waals surface area contributed by atoms with Crippen molar-refractivity contribution in [2.45, 2.75) is 25.4 Å². The minimum Gasteiger partial charge on any atom is -0.457 e. The SMILES string of the molecule is CN(Cc1cn(C)nc1-c1ccc(Oc2ccccc2)cc1)CC1CCCN1C. The third kappa shape index (κ3) is 4.86. The molecule has 29 heavy (non-hydrogen) atoms. The van der Waals surface area contributed by atoms with Crippen molar-refractivity contribution in [2.24, 2.45) is 7.05 Å². The molecule has 1 atom stereocenters. The van der Waals surface area contributed by atoms with Gasteiger partial charge in [-0.2, -0.15) is 5.10 Å². The highest BCUT2D eigenvalue weighted by atomic mass is 16.5. The van der Waals surface area contributed by atoms with Gasteiger partial charge in [0, 0.05) is 43.5 Å². The van der Waals surface area contributed by atoms with Crippen LogP contribution in [-0.4, -0.2) is 52.8 Å². The van der Waals surface area contributed by atoms with Crippen LogP contribution in [0.3, 0.4) is 0 Å². The third-order valence-corrected chi connectivity index (χ3v) is 5.65. The Morgan fingerprint density at radius 3 is 2.45 bits per heavy atom. The number of ether oxygens (including phenoxy) is 1. The van der Waals surface area contributed by atoms with Crippen LogP contribution in [0.2, 0.25) is 0 Å². The predicted molar refractivity (Wildman–Crippen MR) is 117 cm³/mol. The van der Waals surface area contributed by atoms with E-state index in [-0.39, 0.29) is 0 Å². The van der Waals surface area contributed by atoms with E-state index in [9.17, 15) is 0 Å². The van der Waals surface area contributed by atoms with Crippen molar-refractivity contribution in [1.82, 2.24) is 19.6 Å². The third-order valence-electron chi connectivity index (χ3n) is 5.65. The molecule has 152 valence electrons. The van der Waals surface area contributed by atoms with Crippen LogP contribution < -0.4 is 4.74 Å². The maximum Gasteiger partial charge on any atom is 0.127 e. The summed E-state index contributed by atoms with van der Waals surface area (Å²) in [4.78, 5) is 4.89. The van der Waals surface area contributed by atoms with E-state index in [1.807, 2.05) is 54.2 Å². The van der Waals surface area contributed by atoms with Gasteiger partial charge in [-0.1, -0.05) is 18.2 Å². The second kappa shape index (κ2) is 8.80. The molecular weight excluding hydrogens is 360 g/mol. The fourth-order valence-corrected chi connectivity index (χ4v) is 4.13. The summed E-state index contributed by atoms with van der Waals surface area (Å²) in [5, 5.41) is 4.73. The Morgan fingerprint density at radius 1 is 1.03 bits per heavy atom. The highest BCUT2D eigenvalue weighted by molar-refractivity contribution is 5.63. The average molecular weight is 391 g/mol. The van der Waals surface area contributed by atoms with Crippen molar-refractivity contribution in [1.29, 1.82) is 0 Å². The second-order valence-corrected chi connectivity index (χ2v) is 8.09. The largest absolute Gasteiger partial charge is 0.457 e. The van der Waals surface area contributed by atoms with Crippen LogP contribution in [0, 0.1) is 0 Å². The highest BCUT2D eigenvalue weighted by Gasteiger charge is 2.22. The van der Waals surface area contributed by atoms with Gasteiger partial charge >= 0.3 is 0 Å². The van der Waals surface area contributed by atoms with Crippen LogP contribution in [0.5, 0.6) is 11.5 Å². The standard InChI is InChI=1S/C24H30N4O/c1-26(18-21-8-7-15-27(21)2)16-20-17-28(3)25-24(20)19-11-13-23(14-12-19)29-22-9-5-4-6-10-22/h4-6,9-14,17,21H,7-8,15-16,18H2,1-3H3. The lowest BCUT2D eigenvalue weighted by Gasteiger charge is -2.25. The first-order chi connectivity index (χ1) is 14.1. The molecule has 3 aromatic rings. The van der Waals surface area contributed by atoms with Gasteiger partial charge in [-0.15, -0.1) is 0 Å². The Labute approximate surface area is 173 Å². The van der Waals surface area contributed by atoms with Crippen LogP contribution >= 0.6 is 0 Å². The minimum atomic E-state index is 0.662. The first kappa shape index (κ1) is 19.7. The molecule has 1 aromatic heterocycles. The van der Waals surface area contributed by atoms with Crippen LogP contribution in [-0.2, 0) is 13.6 Å². The molecule has 1 aliphatic rings. The molecule has 2 heterocycles. The van der Waals surface area contributed by atoms with E-state index in [4.69, 9.17) is 9.84 Å². The Morgan fingerprint density at radius 2 is 1.76 bits per heavy atom. The van der Waals surface area contributed by atoms with E-state index in [1.54, 1.807) is 0 Å². The predicted octanol–water partition coefficient (Wildman–Crippen LogP) is 4.41. The van der Waals surface area contributed by atoms with Gasteiger partial charge in [-0.3, -0.25) is 4.68 Å². The fourth-order valence-electron chi connectivity index (χ4n) is 4.13. The average Bonchev–Trinajstić information content (AvgIpc) is 3.28. The molecule has 2 aromatic carbocycles. The molecule has 0 aliphatic carbocycles. The van der Waals surface area contributed by atoms with Gasteiger partial charge in [0.15, 0.2) is 0 Å². The molecule has 1 saturated heterocycles. The first-order valence-corrected chi connectivity index (χ1v) is 10.3. The van der Waals surface area contributed by atoms with Gasteiger partial charge in [-0.25, -0.2) is 0 Å². The summed E-state index contributed by atoms with van der Waals surface area (Å²) in [6, 6.07) is 18.7. The number of rotatable bonds is 7. The molecule has 5 heteroatoms. The van der Waals surface area contributed by atoms with Crippen LogP contribution in [0.1, 0.15) is 18.4 Å². The normalized spacial score (nSPS) is 17.2. The molecule has 0 bridgehead atoms. The highest BCUT2D eigenvalue weighted by Crippen LogP contribution is 2.28. The molecule has 4 rings (SSSR count). The van der Waals surface area contributed by atoms with Gasteiger partial charge in [-0.05, 0) is 69.9 Å². The summed E-state index contributed by atoms with van der Waals surface area (Å²) >= 11 is 0. The lowest BCUT2D eigenvalue weighted by atomic mass is 10.1. The van der Waals surface area contributed by atoms with Crippen molar-refractivity contribution in [3.63, 3.8) is 0 Å². The van der Waals surface area contributed by atoms with Crippen molar-refractivity contribution < 1.29 is 4.74 Å². The molecule has 1 fully saturated rings. The van der Waals surface area contributed by atoms with Crippen LogP contribution in [0.25, 0.3) is 11.3 Å². The molecule has 0 amide bonds. The lowest BCUT2D eigenvalue weighted by molar-refractivity contribution is 0.215. The zero-order valence-corrected chi connectivity index (χ0v) is 17.6. The molecule has 0 saturated carbocycles. The second-order valence-electron chi connectivity index (χ2n) is 8.09. The summed E-state index contributed by atoms with van der Waals surface area (Å²) in [5.74, 6) is 1.68. The number of aryl methyl sites for hydroxylation is 1. The van der Waals surface area contributed by atoms with Gasteiger partial charge in [0.2, 0.25) is 0 Å². The maximum atomic E-state index is 5.92. The van der Waals surface area contributed by atoms with E-state index in [1.165, 1.54) is 24.9 Å². The van der Waals surface area contributed by atoms with E-state index >= 15 is 0 Å². The number of benzene rings is 2. The number of aromatic nitrogens is 2. The molecule has 1 aliphatic heterocycles. The summed E-state index contributed by atoms with van der Waals surface area (Å²) < 4.78 is 7.83. The zero-order chi connectivity index (χ0) is 20.2. The summed E-state index contributed by atoms with van der Waals surface area (Å²) in [6.07, 6.45) is 4.74. The van der Waals surface area contributed by atoms with Crippen molar-refractivity contribution in [3.05, 3.63) is 66.4 Å².